The van der Waals surface area contributed by atoms with Crippen molar-refractivity contribution >= 4 is 11.9 Å². The van der Waals surface area contributed by atoms with E-state index >= 15 is 0 Å². The lowest BCUT2D eigenvalue weighted by Crippen LogP contribution is -2.33. The second-order valence-corrected chi connectivity index (χ2v) is 9.87. The highest BCUT2D eigenvalue weighted by atomic mass is 19.3. The van der Waals surface area contributed by atoms with Gasteiger partial charge in [-0.1, -0.05) is 57.3 Å². The van der Waals surface area contributed by atoms with E-state index in [0.29, 0.717) is 12.2 Å². The maximum Gasteiger partial charge on any atom is 0.343 e. The fraction of sp³-hybridized carbons (Fsp3) is 0.353. The molecule has 0 saturated carbocycles. The fourth-order valence-corrected chi connectivity index (χ4v) is 3.85. The van der Waals surface area contributed by atoms with Gasteiger partial charge in [0.1, 0.15) is 11.5 Å². The van der Waals surface area contributed by atoms with E-state index in [4.69, 9.17) is 9.47 Å². The Morgan fingerprint density at radius 3 is 1.77 bits per heavy atom. The molecule has 0 saturated heterocycles. The van der Waals surface area contributed by atoms with Crippen molar-refractivity contribution in [2.24, 2.45) is 0 Å². The molecule has 0 atom stereocenters. The highest BCUT2D eigenvalue weighted by molar-refractivity contribution is 5.92. The second-order valence-electron chi connectivity index (χ2n) is 9.87. The predicted molar refractivity (Wildman–Crippen MR) is 155 cm³/mol. The van der Waals surface area contributed by atoms with Gasteiger partial charge >= 0.3 is 24.3 Å². The number of hydrogen-bond donors (Lipinski definition) is 0. The summed E-state index contributed by atoms with van der Waals surface area (Å²) in [6.45, 7) is 1.16. The first kappa shape index (κ1) is 33.2. The molecule has 0 aliphatic carbocycles. The normalized spacial score (nSPS) is 11.0. The lowest BCUT2D eigenvalue weighted by molar-refractivity contribution is -0.155. The highest BCUT2D eigenvalue weighted by Crippen LogP contribution is 2.24. The number of halogens is 4. The molecule has 0 bridgehead atoms. The summed E-state index contributed by atoms with van der Waals surface area (Å²) < 4.78 is 65.6. The van der Waals surface area contributed by atoms with Crippen LogP contribution >= 0.6 is 0 Å². The van der Waals surface area contributed by atoms with Crippen molar-refractivity contribution in [3.63, 3.8) is 0 Å². The molecule has 0 fully saturated rings. The van der Waals surface area contributed by atoms with Crippen molar-refractivity contribution in [1.29, 1.82) is 0 Å². The van der Waals surface area contributed by atoms with Crippen LogP contribution in [0.25, 0.3) is 0 Å². The number of alkyl halides is 4. The Kier molecular flexibility index (Phi) is 13.1. The second kappa shape index (κ2) is 17.0. The number of rotatable bonds is 15. The molecular weight excluding hydrogens is 564 g/mol. The monoisotopic (exact) mass is 598 g/mol. The SMILES string of the molecule is CCCCCCCCCOc1ccc(C#Cc2ccc(C(=O)Oc3ccc(C(=O)OCC(F)(F)C(F)F)cc3)cc2)cc1. The Morgan fingerprint density at radius 1 is 0.698 bits per heavy atom. The Hall–Kier alpha value is -4.32. The molecule has 3 aromatic carbocycles. The summed E-state index contributed by atoms with van der Waals surface area (Å²) in [5.74, 6) is 0.688. The number of ether oxygens (including phenoxy) is 3. The van der Waals surface area contributed by atoms with Gasteiger partial charge in [-0.15, -0.1) is 0 Å². The van der Waals surface area contributed by atoms with E-state index in [1.807, 2.05) is 24.3 Å². The fourth-order valence-electron chi connectivity index (χ4n) is 3.85. The van der Waals surface area contributed by atoms with Crippen molar-refractivity contribution in [2.75, 3.05) is 13.2 Å². The summed E-state index contributed by atoms with van der Waals surface area (Å²) in [4.78, 5) is 24.3. The molecule has 43 heavy (non-hydrogen) atoms. The zero-order valence-electron chi connectivity index (χ0n) is 23.9. The molecule has 0 aliphatic rings. The number of esters is 2. The van der Waals surface area contributed by atoms with E-state index in [2.05, 4.69) is 23.5 Å². The van der Waals surface area contributed by atoms with Crippen molar-refractivity contribution < 1.29 is 41.4 Å². The van der Waals surface area contributed by atoms with Gasteiger partial charge in [-0.3, -0.25) is 0 Å². The summed E-state index contributed by atoms with van der Waals surface area (Å²) in [6, 6.07) is 18.9. The van der Waals surface area contributed by atoms with Crippen LogP contribution in [0.15, 0.2) is 72.8 Å². The average Bonchev–Trinajstić information content (AvgIpc) is 3.01. The number of unbranched alkanes of at least 4 members (excludes halogenated alkanes) is 6. The molecule has 3 rings (SSSR count). The van der Waals surface area contributed by atoms with E-state index in [1.165, 1.54) is 62.8 Å². The van der Waals surface area contributed by atoms with Gasteiger partial charge in [-0.05, 0) is 79.2 Å². The molecule has 0 unspecified atom stereocenters. The Bertz CT molecular complexity index is 1360. The number of carbonyl (C=O) groups excluding carboxylic acids is 2. The van der Waals surface area contributed by atoms with E-state index in [1.54, 1.807) is 24.3 Å². The molecular formula is C34H34F4O5. The molecule has 0 amide bonds. The van der Waals surface area contributed by atoms with Gasteiger partial charge in [0.2, 0.25) is 0 Å². The minimum Gasteiger partial charge on any atom is -0.494 e. The molecule has 0 spiro atoms. The minimum atomic E-state index is -4.44. The summed E-state index contributed by atoms with van der Waals surface area (Å²) in [6.07, 6.45) is 4.67. The van der Waals surface area contributed by atoms with Crippen LogP contribution < -0.4 is 9.47 Å². The van der Waals surface area contributed by atoms with Crippen molar-refractivity contribution in [2.45, 2.75) is 64.2 Å². The van der Waals surface area contributed by atoms with Gasteiger partial charge < -0.3 is 14.2 Å². The molecule has 0 aliphatic heterocycles. The lowest BCUT2D eigenvalue weighted by Gasteiger charge is -2.15. The summed E-state index contributed by atoms with van der Waals surface area (Å²) in [5.41, 5.74) is 1.60. The maximum absolute atomic E-state index is 12.9. The minimum absolute atomic E-state index is 0.0816. The van der Waals surface area contributed by atoms with Crippen LogP contribution in [0.3, 0.4) is 0 Å². The highest BCUT2D eigenvalue weighted by Gasteiger charge is 2.42. The van der Waals surface area contributed by atoms with Crippen LogP contribution in [0.5, 0.6) is 11.5 Å². The van der Waals surface area contributed by atoms with Crippen LogP contribution in [-0.4, -0.2) is 37.5 Å². The third kappa shape index (κ3) is 11.5. The van der Waals surface area contributed by atoms with Crippen LogP contribution in [0.2, 0.25) is 0 Å². The smallest absolute Gasteiger partial charge is 0.343 e. The summed E-state index contributed by atoms with van der Waals surface area (Å²) in [7, 11) is 0. The van der Waals surface area contributed by atoms with E-state index < -0.39 is 30.9 Å². The molecule has 3 aromatic rings. The zero-order chi connectivity index (χ0) is 31.1. The Balaban J connectivity index is 1.44. The lowest BCUT2D eigenvalue weighted by atomic mass is 10.1. The summed E-state index contributed by atoms with van der Waals surface area (Å²) in [5, 5.41) is 0. The van der Waals surface area contributed by atoms with Crippen LogP contribution in [-0.2, 0) is 4.74 Å². The Morgan fingerprint density at radius 2 is 1.19 bits per heavy atom. The Labute approximate surface area is 249 Å². The first-order chi connectivity index (χ1) is 20.7. The number of carbonyl (C=O) groups is 2. The molecule has 5 nitrogen and oxygen atoms in total. The molecule has 0 N–H and O–H groups in total. The first-order valence-corrected chi connectivity index (χ1v) is 14.2. The van der Waals surface area contributed by atoms with Crippen molar-refractivity contribution in [1.82, 2.24) is 0 Å². The molecule has 228 valence electrons. The van der Waals surface area contributed by atoms with Crippen LogP contribution in [0, 0.1) is 11.8 Å². The quantitative estimate of drug-likeness (QED) is 0.0577. The largest absolute Gasteiger partial charge is 0.494 e. The maximum atomic E-state index is 12.9. The standard InChI is InChI=1S/C34H34F4O5/c1-2-3-4-5-6-7-8-23-41-29-19-13-26(14-20-29)10-9-25-11-15-28(16-12-25)32(40)43-30-21-17-27(18-22-30)31(39)42-24-34(37,38)33(35)36/h11-22,33H,2-8,23-24H2,1H3. The average molecular weight is 599 g/mol. The topological polar surface area (TPSA) is 61.8 Å². The van der Waals surface area contributed by atoms with Crippen molar-refractivity contribution in [3.8, 4) is 23.3 Å². The zero-order valence-corrected chi connectivity index (χ0v) is 23.9. The summed E-state index contributed by atoms with van der Waals surface area (Å²) >= 11 is 0. The van der Waals surface area contributed by atoms with Gasteiger partial charge in [0.25, 0.3) is 0 Å². The third-order valence-corrected chi connectivity index (χ3v) is 6.36. The first-order valence-electron chi connectivity index (χ1n) is 14.2. The molecule has 0 heterocycles. The molecule has 0 aromatic heterocycles. The van der Waals surface area contributed by atoms with Gasteiger partial charge in [-0.2, -0.15) is 8.78 Å². The molecule has 9 heteroatoms. The predicted octanol–water partition coefficient (Wildman–Crippen LogP) is 8.49. The van der Waals surface area contributed by atoms with Gasteiger partial charge in [-0.25, -0.2) is 18.4 Å². The third-order valence-electron chi connectivity index (χ3n) is 6.36. The molecule has 0 radical (unpaired) electrons. The van der Waals surface area contributed by atoms with Gasteiger partial charge in [0.15, 0.2) is 6.61 Å². The van der Waals surface area contributed by atoms with Gasteiger partial charge in [0.05, 0.1) is 17.7 Å². The van der Waals surface area contributed by atoms with E-state index in [0.717, 1.165) is 17.7 Å². The van der Waals surface area contributed by atoms with E-state index in [-0.39, 0.29) is 16.9 Å². The van der Waals surface area contributed by atoms with Crippen LogP contribution in [0.4, 0.5) is 17.6 Å². The van der Waals surface area contributed by atoms with E-state index in [9.17, 15) is 27.2 Å². The number of benzene rings is 3. The van der Waals surface area contributed by atoms with Crippen LogP contribution in [0.1, 0.15) is 83.7 Å². The number of hydrogen-bond acceptors (Lipinski definition) is 5. The van der Waals surface area contributed by atoms with Gasteiger partial charge in [0, 0.05) is 11.1 Å². The van der Waals surface area contributed by atoms with Crippen molar-refractivity contribution in [3.05, 3.63) is 95.1 Å².